The summed E-state index contributed by atoms with van der Waals surface area (Å²) in [5.41, 5.74) is 6.11. The van der Waals surface area contributed by atoms with E-state index in [1.165, 1.54) is 19.3 Å². The Kier molecular flexibility index (Phi) is 2.63. The van der Waals surface area contributed by atoms with E-state index in [0.29, 0.717) is 12.1 Å². The van der Waals surface area contributed by atoms with Crippen LogP contribution in [0.25, 0.3) is 0 Å². The zero-order valence-corrected chi connectivity index (χ0v) is 7.46. The van der Waals surface area contributed by atoms with Gasteiger partial charge in [-0.05, 0) is 18.8 Å². The monoisotopic (exact) mass is 170 g/mol. The molecule has 3 N–H and O–H groups in total. The van der Waals surface area contributed by atoms with E-state index in [1.54, 1.807) is 0 Å². The molecule has 0 radical (unpaired) electrons. The van der Waals surface area contributed by atoms with Gasteiger partial charge in [-0.25, -0.2) is 0 Å². The topological polar surface area (TPSA) is 47.3 Å². The molecule has 2 atom stereocenters. The van der Waals surface area contributed by atoms with Crippen LogP contribution in [0.2, 0.25) is 0 Å². The summed E-state index contributed by atoms with van der Waals surface area (Å²) in [4.78, 5) is 0. The van der Waals surface area contributed by atoms with E-state index in [9.17, 15) is 0 Å². The van der Waals surface area contributed by atoms with E-state index < -0.39 is 0 Å². The molecule has 12 heavy (non-hydrogen) atoms. The minimum Gasteiger partial charge on any atom is -0.378 e. The Hall–Kier alpha value is -0.120. The molecule has 0 spiro atoms. The van der Waals surface area contributed by atoms with E-state index in [4.69, 9.17) is 10.5 Å². The third kappa shape index (κ3) is 1.63. The summed E-state index contributed by atoms with van der Waals surface area (Å²) in [5.74, 6) is 0.754. The summed E-state index contributed by atoms with van der Waals surface area (Å²) >= 11 is 0. The summed E-state index contributed by atoms with van der Waals surface area (Å²) in [6, 6.07) is 0.725. The minimum absolute atomic E-state index is 0.319. The van der Waals surface area contributed by atoms with Gasteiger partial charge >= 0.3 is 0 Å². The summed E-state index contributed by atoms with van der Waals surface area (Å²) in [6.07, 6.45) is 4.00. The van der Waals surface area contributed by atoms with Crippen molar-refractivity contribution in [2.75, 3.05) is 19.8 Å². The zero-order valence-electron chi connectivity index (χ0n) is 7.46. The maximum absolute atomic E-state index is 6.11. The third-order valence-corrected chi connectivity index (χ3v) is 3.11. The number of nitrogens with one attached hydrogen (secondary N) is 1. The molecule has 0 amide bonds. The highest BCUT2D eigenvalue weighted by Gasteiger charge is 2.31. The molecule has 2 unspecified atom stereocenters. The summed E-state index contributed by atoms with van der Waals surface area (Å²) in [7, 11) is 0. The summed E-state index contributed by atoms with van der Waals surface area (Å²) in [6.45, 7) is 2.61. The van der Waals surface area contributed by atoms with Gasteiger partial charge in [0.2, 0.25) is 0 Å². The van der Waals surface area contributed by atoms with Crippen LogP contribution in [0.4, 0.5) is 0 Å². The second-order valence-corrected chi connectivity index (χ2v) is 3.90. The maximum atomic E-state index is 6.11. The quantitative estimate of drug-likeness (QED) is 0.618. The lowest BCUT2D eigenvalue weighted by Gasteiger charge is -2.38. The molecule has 0 bridgehead atoms. The van der Waals surface area contributed by atoms with Crippen LogP contribution >= 0.6 is 0 Å². The summed E-state index contributed by atoms with van der Waals surface area (Å²) in [5, 5.41) is 3.42. The lowest BCUT2D eigenvalue weighted by Crippen LogP contribution is -2.56. The fourth-order valence-corrected chi connectivity index (χ4v) is 1.99. The van der Waals surface area contributed by atoms with Crippen molar-refractivity contribution in [3.63, 3.8) is 0 Å². The Morgan fingerprint density at radius 2 is 2.25 bits per heavy atom. The zero-order chi connectivity index (χ0) is 8.39. The van der Waals surface area contributed by atoms with Gasteiger partial charge in [0.05, 0.1) is 13.2 Å². The highest BCUT2D eigenvalue weighted by Crippen LogP contribution is 2.30. The largest absolute Gasteiger partial charge is 0.378 e. The molecule has 0 aromatic heterocycles. The van der Waals surface area contributed by atoms with Crippen molar-refractivity contribution in [2.24, 2.45) is 11.7 Å². The Morgan fingerprint density at radius 3 is 2.75 bits per heavy atom. The van der Waals surface area contributed by atoms with Crippen LogP contribution in [0.5, 0.6) is 0 Å². The molecule has 2 fully saturated rings. The molecule has 1 aliphatic heterocycles. The molecule has 2 rings (SSSR count). The van der Waals surface area contributed by atoms with Gasteiger partial charge in [-0.2, -0.15) is 0 Å². The number of nitrogens with two attached hydrogens (primary N) is 1. The fourth-order valence-electron chi connectivity index (χ4n) is 1.99. The van der Waals surface area contributed by atoms with Crippen molar-refractivity contribution in [3.8, 4) is 0 Å². The smallest absolute Gasteiger partial charge is 0.0635 e. The normalized spacial score (nSPS) is 34.2. The van der Waals surface area contributed by atoms with Gasteiger partial charge < -0.3 is 15.8 Å². The first kappa shape index (κ1) is 8.48. The Morgan fingerprint density at radius 1 is 1.42 bits per heavy atom. The van der Waals surface area contributed by atoms with Crippen LogP contribution in [0, 0.1) is 5.92 Å². The average molecular weight is 170 g/mol. The van der Waals surface area contributed by atoms with Crippen molar-refractivity contribution in [1.82, 2.24) is 5.32 Å². The van der Waals surface area contributed by atoms with E-state index in [0.717, 1.165) is 25.7 Å². The molecule has 1 saturated carbocycles. The fraction of sp³-hybridized carbons (Fsp3) is 1.00. The van der Waals surface area contributed by atoms with Crippen LogP contribution in [-0.2, 0) is 4.74 Å². The van der Waals surface area contributed by atoms with Crippen LogP contribution in [-0.4, -0.2) is 31.8 Å². The minimum atomic E-state index is 0.319. The molecule has 3 heteroatoms. The second-order valence-electron chi connectivity index (χ2n) is 3.90. The van der Waals surface area contributed by atoms with Gasteiger partial charge in [0.15, 0.2) is 0 Å². The van der Waals surface area contributed by atoms with Crippen molar-refractivity contribution < 1.29 is 4.74 Å². The van der Waals surface area contributed by atoms with Crippen molar-refractivity contribution in [2.45, 2.75) is 31.3 Å². The number of rotatable bonds is 2. The molecule has 3 nitrogen and oxygen atoms in total. The van der Waals surface area contributed by atoms with Gasteiger partial charge in [-0.3, -0.25) is 0 Å². The van der Waals surface area contributed by atoms with Crippen LogP contribution in [0.15, 0.2) is 0 Å². The first-order chi connectivity index (χ1) is 5.88. The highest BCUT2D eigenvalue weighted by molar-refractivity contribution is 4.90. The first-order valence-corrected chi connectivity index (χ1v) is 4.94. The second kappa shape index (κ2) is 3.73. The van der Waals surface area contributed by atoms with E-state index in [2.05, 4.69) is 5.32 Å². The Labute approximate surface area is 73.7 Å². The standard InChI is InChI=1S/C9H18N2O/c10-9(7-2-1-3-7)8-6-12-5-4-11-8/h7-9,11H,1-6,10H2. The number of morpholine rings is 1. The molecule has 0 aromatic rings. The molecule has 1 aliphatic carbocycles. The van der Waals surface area contributed by atoms with Gasteiger partial charge in [0.1, 0.15) is 0 Å². The van der Waals surface area contributed by atoms with Gasteiger partial charge in [-0.15, -0.1) is 0 Å². The molecule has 70 valence electrons. The van der Waals surface area contributed by atoms with Gasteiger partial charge in [-0.1, -0.05) is 6.42 Å². The number of hydrogen-bond acceptors (Lipinski definition) is 3. The molecule has 0 aromatic carbocycles. The number of ether oxygens (including phenoxy) is 1. The van der Waals surface area contributed by atoms with E-state index >= 15 is 0 Å². The van der Waals surface area contributed by atoms with Crippen LogP contribution in [0.1, 0.15) is 19.3 Å². The van der Waals surface area contributed by atoms with Crippen molar-refractivity contribution >= 4 is 0 Å². The van der Waals surface area contributed by atoms with Crippen LogP contribution < -0.4 is 11.1 Å². The predicted octanol–water partition coefficient (Wildman–Crippen LogP) is 0.102. The Bertz CT molecular complexity index is 141. The van der Waals surface area contributed by atoms with Gasteiger partial charge in [0, 0.05) is 18.6 Å². The lowest BCUT2D eigenvalue weighted by atomic mass is 9.77. The van der Waals surface area contributed by atoms with E-state index in [1.807, 2.05) is 0 Å². The van der Waals surface area contributed by atoms with Crippen molar-refractivity contribution in [3.05, 3.63) is 0 Å². The molecular formula is C9H18N2O. The summed E-state index contributed by atoms with van der Waals surface area (Å²) < 4.78 is 5.38. The molecule has 1 saturated heterocycles. The first-order valence-electron chi connectivity index (χ1n) is 4.94. The SMILES string of the molecule is NC(C1CCC1)C1COCCN1. The predicted molar refractivity (Wildman–Crippen MR) is 47.9 cm³/mol. The number of hydrogen-bond donors (Lipinski definition) is 2. The van der Waals surface area contributed by atoms with E-state index in [-0.39, 0.29) is 0 Å². The third-order valence-electron chi connectivity index (χ3n) is 3.11. The molecule has 1 heterocycles. The lowest BCUT2D eigenvalue weighted by molar-refractivity contribution is 0.0529. The maximum Gasteiger partial charge on any atom is 0.0635 e. The molecular weight excluding hydrogens is 152 g/mol. The molecule has 2 aliphatic rings. The van der Waals surface area contributed by atoms with Crippen molar-refractivity contribution in [1.29, 1.82) is 0 Å². The van der Waals surface area contributed by atoms with Gasteiger partial charge in [0.25, 0.3) is 0 Å². The Balaban J connectivity index is 1.80. The highest BCUT2D eigenvalue weighted by atomic mass is 16.5. The average Bonchev–Trinajstić information content (AvgIpc) is 2.03. The van der Waals surface area contributed by atoms with Crippen LogP contribution in [0.3, 0.4) is 0 Å².